The fourth-order valence-electron chi connectivity index (χ4n) is 3.31. The van der Waals surface area contributed by atoms with Gasteiger partial charge in [-0.05, 0) is 25.0 Å². The van der Waals surface area contributed by atoms with Crippen molar-refractivity contribution in [1.82, 2.24) is 4.98 Å². The van der Waals surface area contributed by atoms with Crippen LogP contribution in [0.25, 0.3) is 0 Å². The maximum absolute atomic E-state index is 12.9. The van der Waals surface area contributed by atoms with Gasteiger partial charge in [-0.25, -0.2) is 9.88 Å². The Morgan fingerprint density at radius 1 is 1.14 bits per heavy atom. The molecule has 0 saturated heterocycles. The van der Waals surface area contributed by atoms with E-state index in [1.165, 1.54) is 5.38 Å². The number of carbonyl (C=O) groups is 4. The molecule has 0 atom stereocenters. The highest BCUT2D eigenvalue weighted by Crippen LogP contribution is 2.29. The minimum absolute atomic E-state index is 0.209. The van der Waals surface area contributed by atoms with Crippen LogP contribution >= 0.6 is 11.3 Å². The molecule has 0 spiro atoms. The van der Waals surface area contributed by atoms with Crippen LogP contribution in [0, 0.1) is 5.92 Å². The van der Waals surface area contributed by atoms with E-state index in [-0.39, 0.29) is 23.4 Å². The van der Waals surface area contributed by atoms with E-state index in [1.54, 1.807) is 30.3 Å². The number of nitrogens with zero attached hydrogens (tertiary/aromatic N) is 2. The Hall–Kier alpha value is -3.07. The molecular weight excluding hydrogens is 394 g/mol. The molecule has 0 bridgehead atoms. The number of carbonyl (C=O) groups excluding carboxylic acids is 3. The second-order valence-corrected chi connectivity index (χ2v) is 7.68. The van der Waals surface area contributed by atoms with Crippen LogP contribution < -0.4 is 10.2 Å². The van der Waals surface area contributed by atoms with Crippen molar-refractivity contribution in [3.8, 4) is 0 Å². The number of carboxylic acids is 1. The number of hydrogen-bond donors (Lipinski definition) is 2. The lowest BCUT2D eigenvalue weighted by Crippen LogP contribution is -2.41. The molecule has 29 heavy (non-hydrogen) atoms. The summed E-state index contributed by atoms with van der Waals surface area (Å²) in [7, 11) is 0. The quantitative estimate of drug-likeness (QED) is 0.672. The van der Waals surface area contributed by atoms with Crippen LogP contribution in [0.3, 0.4) is 0 Å². The third kappa shape index (κ3) is 5.47. The normalized spacial score (nSPS) is 13.8. The Bertz CT molecular complexity index is 906. The zero-order chi connectivity index (χ0) is 20.8. The van der Waals surface area contributed by atoms with Gasteiger partial charge < -0.3 is 10.4 Å². The number of amides is 3. The summed E-state index contributed by atoms with van der Waals surface area (Å²) < 4.78 is 0. The largest absolute Gasteiger partial charge is 0.481 e. The summed E-state index contributed by atoms with van der Waals surface area (Å²) in [5.74, 6) is -2.71. The zero-order valence-electron chi connectivity index (χ0n) is 15.7. The van der Waals surface area contributed by atoms with Gasteiger partial charge in [0.15, 0.2) is 5.13 Å². The highest BCUT2D eigenvalue weighted by Gasteiger charge is 2.32. The Morgan fingerprint density at radius 2 is 1.83 bits per heavy atom. The van der Waals surface area contributed by atoms with Crippen molar-refractivity contribution in [2.45, 2.75) is 38.5 Å². The first-order valence-corrected chi connectivity index (χ1v) is 10.2. The van der Waals surface area contributed by atoms with Gasteiger partial charge in [0.2, 0.25) is 17.7 Å². The van der Waals surface area contributed by atoms with Crippen molar-refractivity contribution in [1.29, 1.82) is 0 Å². The first-order valence-electron chi connectivity index (χ1n) is 9.32. The number of aliphatic carboxylic acids is 1. The number of para-hydroxylation sites is 1. The van der Waals surface area contributed by atoms with E-state index in [4.69, 9.17) is 5.11 Å². The van der Waals surface area contributed by atoms with E-state index in [9.17, 15) is 19.2 Å². The van der Waals surface area contributed by atoms with Crippen LogP contribution in [-0.2, 0) is 25.6 Å². The Morgan fingerprint density at radius 3 is 2.48 bits per heavy atom. The maximum atomic E-state index is 12.9. The topological polar surface area (TPSA) is 117 Å². The van der Waals surface area contributed by atoms with Crippen molar-refractivity contribution >= 4 is 45.8 Å². The summed E-state index contributed by atoms with van der Waals surface area (Å²) in [4.78, 5) is 53.9. The molecule has 9 heteroatoms. The monoisotopic (exact) mass is 415 g/mol. The van der Waals surface area contributed by atoms with Gasteiger partial charge in [-0.1, -0.05) is 31.0 Å². The second kappa shape index (κ2) is 9.42. The Labute approximate surface area is 171 Å². The molecule has 152 valence electrons. The van der Waals surface area contributed by atoms with Crippen molar-refractivity contribution in [3.63, 3.8) is 0 Å². The lowest BCUT2D eigenvalue weighted by Gasteiger charge is -2.23. The van der Waals surface area contributed by atoms with Crippen molar-refractivity contribution in [2.24, 2.45) is 5.92 Å². The number of imide groups is 1. The molecule has 0 unspecified atom stereocenters. The van der Waals surface area contributed by atoms with Crippen molar-refractivity contribution < 1.29 is 24.3 Å². The molecule has 1 fully saturated rings. The van der Waals surface area contributed by atoms with E-state index in [1.807, 2.05) is 0 Å². The third-order valence-electron chi connectivity index (χ3n) is 4.63. The van der Waals surface area contributed by atoms with Crippen LogP contribution in [0.4, 0.5) is 10.8 Å². The number of benzene rings is 1. The zero-order valence-corrected chi connectivity index (χ0v) is 16.5. The summed E-state index contributed by atoms with van der Waals surface area (Å²) in [6.07, 6.45) is 2.64. The Kier molecular flexibility index (Phi) is 6.71. The summed E-state index contributed by atoms with van der Waals surface area (Å²) in [5.41, 5.74) is 0.770. The molecule has 1 aliphatic rings. The van der Waals surface area contributed by atoms with E-state index in [2.05, 4.69) is 10.3 Å². The molecule has 3 rings (SSSR count). The van der Waals surface area contributed by atoms with Crippen LogP contribution in [0.2, 0.25) is 0 Å². The average Bonchev–Trinajstić information content (AvgIpc) is 3.34. The SMILES string of the molecule is O=C(O)Cc1csc(NC(=O)CC(=O)N(C(=O)C2CCCC2)c2ccccc2)n1. The number of hydrogen-bond acceptors (Lipinski definition) is 6. The van der Waals surface area contributed by atoms with Gasteiger partial charge in [0.25, 0.3) is 0 Å². The average molecular weight is 415 g/mol. The van der Waals surface area contributed by atoms with E-state index in [0.29, 0.717) is 11.4 Å². The van der Waals surface area contributed by atoms with Gasteiger partial charge in [0, 0.05) is 11.3 Å². The highest BCUT2D eigenvalue weighted by atomic mass is 32.1. The molecule has 0 radical (unpaired) electrons. The van der Waals surface area contributed by atoms with Gasteiger partial charge in [0.1, 0.15) is 6.42 Å². The maximum Gasteiger partial charge on any atom is 0.309 e. The molecule has 3 amide bonds. The number of rotatable bonds is 7. The highest BCUT2D eigenvalue weighted by molar-refractivity contribution is 7.13. The fraction of sp³-hybridized carbons (Fsp3) is 0.350. The molecular formula is C20H21N3O5S. The second-order valence-electron chi connectivity index (χ2n) is 6.82. The Balaban J connectivity index is 1.69. The molecule has 1 aromatic heterocycles. The number of aromatic nitrogens is 1. The third-order valence-corrected chi connectivity index (χ3v) is 5.44. The molecule has 2 aromatic rings. The van der Waals surface area contributed by atoms with Gasteiger partial charge in [0.05, 0.1) is 17.8 Å². The van der Waals surface area contributed by atoms with Gasteiger partial charge in [-0.3, -0.25) is 19.2 Å². The summed E-state index contributed by atoms with van der Waals surface area (Å²) in [5, 5.41) is 13.0. The van der Waals surface area contributed by atoms with Gasteiger partial charge in [-0.2, -0.15) is 0 Å². The predicted molar refractivity (Wildman–Crippen MR) is 108 cm³/mol. The van der Waals surface area contributed by atoms with Crippen LogP contribution in [0.15, 0.2) is 35.7 Å². The first-order chi connectivity index (χ1) is 13.9. The van der Waals surface area contributed by atoms with Crippen LogP contribution in [0.5, 0.6) is 0 Å². The lowest BCUT2D eigenvalue weighted by molar-refractivity contribution is -0.136. The minimum Gasteiger partial charge on any atom is -0.481 e. The van der Waals surface area contributed by atoms with Crippen molar-refractivity contribution in [3.05, 3.63) is 41.4 Å². The fourth-order valence-corrected chi connectivity index (χ4v) is 4.03. The minimum atomic E-state index is -1.02. The molecule has 2 N–H and O–H groups in total. The predicted octanol–water partition coefficient (Wildman–Crippen LogP) is 2.85. The van der Waals surface area contributed by atoms with E-state index in [0.717, 1.165) is 41.9 Å². The molecule has 1 saturated carbocycles. The number of anilines is 2. The van der Waals surface area contributed by atoms with E-state index >= 15 is 0 Å². The molecule has 8 nitrogen and oxygen atoms in total. The van der Waals surface area contributed by atoms with E-state index < -0.39 is 24.2 Å². The van der Waals surface area contributed by atoms with Gasteiger partial charge >= 0.3 is 5.97 Å². The summed E-state index contributed by atoms with van der Waals surface area (Å²) >= 11 is 1.08. The first kappa shape index (κ1) is 20.7. The standard InChI is InChI=1S/C20H21N3O5S/c24-16(22-20-21-14(12-29-20)10-18(26)27)11-17(25)23(15-8-2-1-3-9-15)19(28)13-6-4-5-7-13/h1-3,8-9,12-13H,4-7,10-11H2,(H,26,27)(H,21,22,24). The number of thiazole rings is 1. The summed E-state index contributed by atoms with van der Waals surface area (Å²) in [6.45, 7) is 0. The molecule has 0 aliphatic heterocycles. The van der Waals surface area contributed by atoms with Crippen LogP contribution in [-0.4, -0.2) is 33.8 Å². The molecule has 1 heterocycles. The smallest absolute Gasteiger partial charge is 0.309 e. The number of nitrogens with one attached hydrogen (secondary N) is 1. The molecule has 1 aromatic carbocycles. The van der Waals surface area contributed by atoms with Crippen molar-refractivity contribution in [2.75, 3.05) is 10.2 Å². The number of carboxylic acid groups (broad SMARTS) is 1. The van der Waals surface area contributed by atoms with Crippen LogP contribution in [0.1, 0.15) is 37.8 Å². The summed E-state index contributed by atoms with van der Waals surface area (Å²) in [6, 6.07) is 8.59. The lowest BCUT2D eigenvalue weighted by atomic mass is 10.1. The van der Waals surface area contributed by atoms with Gasteiger partial charge in [-0.15, -0.1) is 11.3 Å². The molecule has 1 aliphatic carbocycles.